The van der Waals surface area contributed by atoms with Crippen molar-refractivity contribution >= 4 is 5.91 Å². The summed E-state index contributed by atoms with van der Waals surface area (Å²) in [4.78, 5) is 15.4. The minimum atomic E-state index is -0.511. The summed E-state index contributed by atoms with van der Waals surface area (Å²) in [5.41, 5.74) is 1.12. The summed E-state index contributed by atoms with van der Waals surface area (Å²) in [6, 6.07) is 5.95. The van der Waals surface area contributed by atoms with Crippen LogP contribution >= 0.6 is 0 Å². The Morgan fingerprint density at radius 2 is 2.00 bits per heavy atom. The Kier molecular flexibility index (Phi) is 4.49. The molecule has 1 unspecified atom stereocenters. The Hall–Kier alpha value is -1.79. The van der Waals surface area contributed by atoms with E-state index in [0.29, 0.717) is 32.8 Å². The Morgan fingerprint density at radius 1 is 1.23 bits per heavy atom. The number of β-amino-alcohol motifs (C(OH)–C–C–N with tert-alkyl or cyclic N) is 1. The van der Waals surface area contributed by atoms with Gasteiger partial charge < -0.3 is 19.5 Å². The van der Waals surface area contributed by atoms with Gasteiger partial charge in [0.15, 0.2) is 11.5 Å². The second-order valence-electron chi connectivity index (χ2n) is 5.83. The van der Waals surface area contributed by atoms with Gasteiger partial charge in [-0.05, 0) is 17.7 Å². The zero-order valence-electron chi connectivity index (χ0n) is 12.8. The summed E-state index contributed by atoms with van der Waals surface area (Å²) in [5, 5.41) is 10.1. The van der Waals surface area contributed by atoms with Crippen molar-refractivity contribution < 1.29 is 19.4 Å². The molecule has 1 aromatic rings. The van der Waals surface area contributed by atoms with Crippen LogP contribution in [-0.2, 0) is 11.3 Å². The standard InChI is InChI=1S/C16H22N2O4/c1-12(19)18-5-4-17(10-14(20)11-18)9-13-2-3-15-16(8-13)22-7-6-21-15/h2-3,8,14,20H,4-7,9-11H2,1H3. The minimum Gasteiger partial charge on any atom is -0.486 e. The molecule has 1 amide bonds. The second kappa shape index (κ2) is 6.54. The first-order chi connectivity index (χ1) is 10.6. The topological polar surface area (TPSA) is 62.2 Å². The normalized spacial score (nSPS) is 22.3. The molecule has 1 fully saturated rings. The fourth-order valence-electron chi connectivity index (χ4n) is 2.93. The summed E-state index contributed by atoms with van der Waals surface area (Å²) in [5.74, 6) is 1.58. The summed E-state index contributed by atoms with van der Waals surface area (Å²) < 4.78 is 11.1. The zero-order chi connectivity index (χ0) is 15.5. The first-order valence-corrected chi connectivity index (χ1v) is 7.66. The van der Waals surface area contributed by atoms with Crippen LogP contribution in [0.3, 0.4) is 0 Å². The summed E-state index contributed by atoms with van der Waals surface area (Å²) in [6.45, 7) is 5.81. The number of amides is 1. The molecule has 22 heavy (non-hydrogen) atoms. The van der Waals surface area contributed by atoms with Gasteiger partial charge >= 0.3 is 0 Å². The number of carbonyl (C=O) groups excluding carboxylic acids is 1. The number of benzene rings is 1. The minimum absolute atomic E-state index is 0.0141. The van der Waals surface area contributed by atoms with E-state index < -0.39 is 6.10 Å². The maximum atomic E-state index is 11.5. The second-order valence-corrected chi connectivity index (χ2v) is 5.83. The number of rotatable bonds is 2. The quantitative estimate of drug-likeness (QED) is 0.861. The van der Waals surface area contributed by atoms with Crippen LogP contribution in [0.1, 0.15) is 12.5 Å². The number of aliphatic hydroxyl groups excluding tert-OH is 1. The molecule has 0 radical (unpaired) electrons. The van der Waals surface area contributed by atoms with Crippen LogP contribution in [0.15, 0.2) is 18.2 Å². The Bertz CT molecular complexity index is 549. The number of hydrogen-bond donors (Lipinski definition) is 1. The lowest BCUT2D eigenvalue weighted by molar-refractivity contribution is -0.129. The molecule has 1 aromatic carbocycles. The average molecular weight is 306 g/mol. The molecule has 3 rings (SSSR count). The van der Waals surface area contributed by atoms with Gasteiger partial charge in [-0.3, -0.25) is 9.69 Å². The molecule has 1 N–H and O–H groups in total. The van der Waals surface area contributed by atoms with Gasteiger partial charge in [-0.25, -0.2) is 0 Å². The van der Waals surface area contributed by atoms with Gasteiger partial charge in [-0.15, -0.1) is 0 Å². The van der Waals surface area contributed by atoms with Gasteiger partial charge in [0.05, 0.1) is 6.10 Å². The van der Waals surface area contributed by atoms with Gasteiger partial charge in [-0.1, -0.05) is 6.07 Å². The molecule has 1 atom stereocenters. The summed E-state index contributed by atoms with van der Waals surface area (Å²) >= 11 is 0. The molecule has 2 aliphatic heterocycles. The first-order valence-electron chi connectivity index (χ1n) is 7.66. The lowest BCUT2D eigenvalue weighted by Crippen LogP contribution is -2.36. The van der Waals surface area contributed by atoms with Crippen molar-refractivity contribution in [2.45, 2.75) is 19.6 Å². The maximum absolute atomic E-state index is 11.5. The lowest BCUT2D eigenvalue weighted by atomic mass is 10.1. The van der Waals surface area contributed by atoms with Gasteiger partial charge in [-0.2, -0.15) is 0 Å². The number of fused-ring (bicyclic) bond motifs is 1. The molecule has 0 spiro atoms. The van der Waals surface area contributed by atoms with Crippen LogP contribution in [0, 0.1) is 0 Å². The summed E-state index contributed by atoms with van der Waals surface area (Å²) in [7, 11) is 0. The van der Waals surface area contributed by atoms with Gasteiger partial charge in [0.2, 0.25) is 5.91 Å². The smallest absolute Gasteiger partial charge is 0.219 e. The highest BCUT2D eigenvalue weighted by Gasteiger charge is 2.23. The predicted octanol–water partition coefficient (Wildman–Crippen LogP) is 0.483. The molecule has 2 aliphatic rings. The van der Waals surface area contributed by atoms with E-state index in [0.717, 1.165) is 30.2 Å². The molecule has 1 saturated heterocycles. The van der Waals surface area contributed by atoms with E-state index in [-0.39, 0.29) is 5.91 Å². The third-order valence-corrected chi connectivity index (χ3v) is 4.04. The maximum Gasteiger partial charge on any atom is 0.219 e. The summed E-state index contributed by atoms with van der Waals surface area (Å²) in [6.07, 6.45) is -0.511. The highest BCUT2D eigenvalue weighted by Crippen LogP contribution is 2.31. The number of nitrogens with zero attached hydrogens (tertiary/aromatic N) is 2. The van der Waals surface area contributed by atoms with Crippen molar-refractivity contribution in [2.24, 2.45) is 0 Å². The molecule has 6 nitrogen and oxygen atoms in total. The van der Waals surface area contributed by atoms with E-state index in [1.807, 2.05) is 18.2 Å². The molecule has 120 valence electrons. The van der Waals surface area contributed by atoms with Crippen LogP contribution in [-0.4, -0.2) is 66.3 Å². The van der Waals surface area contributed by atoms with E-state index >= 15 is 0 Å². The van der Waals surface area contributed by atoms with Crippen molar-refractivity contribution in [3.05, 3.63) is 23.8 Å². The van der Waals surface area contributed by atoms with Crippen molar-refractivity contribution in [3.8, 4) is 11.5 Å². The third kappa shape index (κ3) is 3.51. The molecule has 0 bridgehead atoms. The Balaban J connectivity index is 1.66. The average Bonchev–Trinajstić information content (AvgIpc) is 2.68. The third-order valence-electron chi connectivity index (χ3n) is 4.04. The monoisotopic (exact) mass is 306 g/mol. The van der Waals surface area contributed by atoms with Crippen LogP contribution in [0.5, 0.6) is 11.5 Å². The van der Waals surface area contributed by atoms with Gasteiger partial charge in [0.1, 0.15) is 13.2 Å². The van der Waals surface area contributed by atoms with Crippen molar-refractivity contribution in [1.29, 1.82) is 0 Å². The van der Waals surface area contributed by atoms with E-state index in [1.54, 1.807) is 11.8 Å². The van der Waals surface area contributed by atoms with Crippen LogP contribution in [0.25, 0.3) is 0 Å². The fraction of sp³-hybridized carbons (Fsp3) is 0.562. The number of aliphatic hydroxyl groups is 1. The Morgan fingerprint density at radius 3 is 2.77 bits per heavy atom. The van der Waals surface area contributed by atoms with Crippen LogP contribution in [0.2, 0.25) is 0 Å². The SMILES string of the molecule is CC(=O)N1CCN(Cc2ccc3c(c2)OCCO3)CC(O)C1. The van der Waals surface area contributed by atoms with E-state index in [9.17, 15) is 9.90 Å². The molecular weight excluding hydrogens is 284 g/mol. The molecule has 0 saturated carbocycles. The lowest BCUT2D eigenvalue weighted by Gasteiger charge is -2.23. The Labute approximate surface area is 130 Å². The van der Waals surface area contributed by atoms with Gasteiger partial charge in [0.25, 0.3) is 0 Å². The van der Waals surface area contributed by atoms with Crippen molar-refractivity contribution in [3.63, 3.8) is 0 Å². The molecule has 0 aromatic heterocycles. The zero-order valence-corrected chi connectivity index (χ0v) is 12.8. The van der Waals surface area contributed by atoms with E-state index in [1.165, 1.54) is 0 Å². The van der Waals surface area contributed by atoms with E-state index in [4.69, 9.17) is 9.47 Å². The fourth-order valence-corrected chi connectivity index (χ4v) is 2.93. The molecule has 6 heteroatoms. The van der Waals surface area contributed by atoms with Crippen LogP contribution in [0.4, 0.5) is 0 Å². The molecule has 0 aliphatic carbocycles. The largest absolute Gasteiger partial charge is 0.486 e. The highest BCUT2D eigenvalue weighted by molar-refractivity contribution is 5.73. The predicted molar refractivity (Wildman–Crippen MR) is 81.0 cm³/mol. The highest BCUT2D eigenvalue weighted by atomic mass is 16.6. The molecular formula is C16H22N2O4. The number of carbonyl (C=O) groups is 1. The number of ether oxygens (including phenoxy) is 2. The van der Waals surface area contributed by atoms with Crippen molar-refractivity contribution in [1.82, 2.24) is 9.80 Å². The number of hydrogen-bond acceptors (Lipinski definition) is 5. The first kappa shape index (κ1) is 15.1. The van der Waals surface area contributed by atoms with E-state index in [2.05, 4.69) is 4.90 Å². The van der Waals surface area contributed by atoms with Crippen LogP contribution < -0.4 is 9.47 Å². The molecule has 2 heterocycles. The van der Waals surface area contributed by atoms with Crippen molar-refractivity contribution in [2.75, 3.05) is 39.4 Å². The van der Waals surface area contributed by atoms with Gasteiger partial charge in [0, 0.05) is 39.6 Å².